The monoisotopic (exact) mass is 866 g/mol. The molecule has 0 saturated heterocycles. The van der Waals surface area contributed by atoms with Crippen molar-refractivity contribution in [2.45, 2.75) is 63.0 Å². The first-order valence-electron chi connectivity index (χ1n) is 20.9. The van der Waals surface area contributed by atoms with Gasteiger partial charge in [-0.15, -0.1) is 0 Å². The number of ketones is 2. The maximum absolute atomic E-state index is 14.1. The molecule has 3 aliphatic carbocycles. The van der Waals surface area contributed by atoms with E-state index in [1.807, 2.05) is 42.5 Å². The molecule has 1 aliphatic heterocycles. The van der Waals surface area contributed by atoms with E-state index in [1.54, 1.807) is 53.0 Å². The van der Waals surface area contributed by atoms with Crippen LogP contribution in [-0.4, -0.2) is 61.8 Å². The van der Waals surface area contributed by atoms with Gasteiger partial charge in [-0.1, -0.05) is 70.7 Å². The Morgan fingerprint density at radius 1 is 0.887 bits per heavy atom. The summed E-state index contributed by atoms with van der Waals surface area (Å²) in [4.78, 5) is 45.4. The number of carbonyl (C=O) groups is 3. The molecule has 9 nitrogen and oxygen atoms in total. The van der Waals surface area contributed by atoms with Crippen LogP contribution in [-0.2, 0) is 24.1 Å². The summed E-state index contributed by atoms with van der Waals surface area (Å²) in [6.07, 6.45) is 11.5. The average Bonchev–Trinajstić information content (AvgIpc) is 3.63. The molecule has 1 N–H and O–H groups in total. The number of nitrogens with zero attached hydrogens (tertiary/aromatic N) is 1. The zero-order chi connectivity index (χ0) is 43.5. The summed E-state index contributed by atoms with van der Waals surface area (Å²) in [6.45, 7) is 9.19. The number of benzene rings is 4. The van der Waals surface area contributed by atoms with Gasteiger partial charge < -0.3 is 24.3 Å². The first-order chi connectivity index (χ1) is 29.9. The topological polar surface area (TPSA) is 113 Å². The van der Waals surface area contributed by atoms with Gasteiger partial charge in [0.15, 0.2) is 34.6 Å². The van der Waals surface area contributed by atoms with Gasteiger partial charge in [0.2, 0.25) is 5.91 Å². The molecule has 0 aromatic heterocycles. The van der Waals surface area contributed by atoms with E-state index in [1.165, 1.54) is 12.7 Å². The molecule has 1 amide bonds. The minimum atomic E-state index is -0.259. The van der Waals surface area contributed by atoms with Crippen LogP contribution >= 0.6 is 21.6 Å². The van der Waals surface area contributed by atoms with Crippen molar-refractivity contribution in [1.29, 1.82) is 0 Å². The van der Waals surface area contributed by atoms with Gasteiger partial charge in [-0.3, -0.25) is 14.4 Å². The lowest BCUT2D eigenvalue weighted by Crippen LogP contribution is -2.20. The molecular formula is C51H50N2O7S2. The molecule has 0 spiro atoms. The second-order valence-corrected chi connectivity index (χ2v) is 19.6. The van der Waals surface area contributed by atoms with E-state index < -0.39 is 0 Å². The zero-order valence-corrected chi connectivity index (χ0v) is 37.4. The molecule has 11 heteroatoms. The van der Waals surface area contributed by atoms with Crippen LogP contribution < -0.4 is 24.3 Å². The Kier molecular flexibility index (Phi) is 12.7. The number of hydrogen-bond donors (Lipinski definition) is 1. The van der Waals surface area contributed by atoms with Crippen LogP contribution in [0.1, 0.15) is 87.6 Å². The Morgan fingerprint density at radius 2 is 1.61 bits per heavy atom. The predicted molar refractivity (Wildman–Crippen MR) is 250 cm³/mol. The summed E-state index contributed by atoms with van der Waals surface area (Å²) in [5.74, 6) is 4.75. The van der Waals surface area contributed by atoms with Gasteiger partial charge >= 0.3 is 0 Å². The molecule has 4 aromatic rings. The lowest BCUT2D eigenvalue weighted by Gasteiger charge is -2.23. The smallest absolute Gasteiger partial charge is 0.224 e. The third kappa shape index (κ3) is 9.07. The van der Waals surface area contributed by atoms with Gasteiger partial charge in [0.25, 0.3) is 0 Å². The molecule has 0 bridgehead atoms. The quantitative estimate of drug-likeness (QED) is 0.0978. The lowest BCUT2D eigenvalue weighted by molar-refractivity contribution is -0.116. The Hall–Kier alpha value is -5.74. The third-order valence-corrected chi connectivity index (χ3v) is 14.5. The van der Waals surface area contributed by atoms with E-state index in [0.717, 1.165) is 57.5 Å². The van der Waals surface area contributed by atoms with Crippen molar-refractivity contribution < 1.29 is 33.3 Å². The number of Topliss-reactive ketones (excluding diaryl/α,β-unsaturated/α-hetero) is 1. The molecular weight excluding hydrogens is 817 g/mol. The van der Waals surface area contributed by atoms with E-state index >= 15 is 0 Å². The second kappa shape index (κ2) is 18.3. The highest BCUT2D eigenvalue weighted by Crippen LogP contribution is 2.46. The van der Waals surface area contributed by atoms with Gasteiger partial charge in [-0.25, -0.2) is 4.99 Å². The number of fused-ring (bicyclic) bond motifs is 7. The molecule has 8 rings (SSSR count). The Morgan fingerprint density at radius 3 is 2.37 bits per heavy atom. The molecule has 0 fully saturated rings. The average molecular weight is 867 g/mol. The van der Waals surface area contributed by atoms with Crippen LogP contribution in [0.3, 0.4) is 0 Å². The Balaban J connectivity index is 0.925. The number of carbonyl (C=O) groups excluding carboxylic acids is 3. The van der Waals surface area contributed by atoms with Crippen LogP contribution in [0.2, 0.25) is 0 Å². The molecule has 1 heterocycles. The number of methoxy groups -OCH3 is 2. The maximum Gasteiger partial charge on any atom is 0.224 e. The minimum Gasteiger partial charge on any atom is -0.493 e. The highest BCUT2D eigenvalue weighted by atomic mass is 33.1. The van der Waals surface area contributed by atoms with Crippen molar-refractivity contribution in [3.63, 3.8) is 0 Å². The van der Waals surface area contributed by atoms with Crippen LogP contribution in [0.5, 0.6) is 23.0 Å². The van der Waals surface area contributed by atoms with Crippen molar-refractivity contribution in [2.75, 3.05) is 39.0 Å². The fourth-order valence-corrected chi connectivity index (χ4v) is 10.9. The number of nitrogens with one attached hydrogen (secondary N) is 1. The first kappa shape index (κ1) is 42.9. The van der Waals surface area contributed by atoms with E-state index in [2.05, 4.69) is 61.1 Å². The fraction of sp³-hybridized carbons (Fsp3) is 0.314. The van der Waals surface area contributed by atoms with Gasteiger partial charge in [-0.05, 0) is 127 Å². The van der Waals surface area contributed by atoms with E-state index in [9.17, 15) is 14.4 Å². The number of amides is 1. The van der Waals surface area contributed by atoms with Crippen LogP contribution in [0, 0.1) is 5.92 Å². The normalized spacial score (nSPS) is 17.3. The molecule has 4 aromatic carbocycles. The summed E-state index contributed by atoms with van der Waals surface area (Å²) in [5.41, 5.74) is 9.76. The van der Waals surface area contributed by atoms with Gasteiger partial charge in [0, 0.05) is 46.9 Å². The minimum absolute atomic E-state index is 0.00901. The molecule has 0 radical (unpaired) electrons. The van der Waals surface area contributed by atoms with E-state index in [4.69, 9.17) is 18.9 Å². The predicted octanol–water partition coefficient (Wildman–Crippen LogP) is 10.9. The Labute approximate surface area is 371 Å². The summed E-state index contributed by atoms with van der Waals surface area (Å²) < 4.78 is 23.9. The zero-order valence-electron chi connectivity index (χ0n) is 35.7. The Bertz CT molecular complexity index is 2620. The second-order valence-electron chi connectivity index (χ2n) is 16.5. The van der Waals surface area contributed by atoms with Crippen molar-refractivity contribution in [3.8, 4) is 23.0 Å². The molecule has 2 atom stereocenters. The lowest BCUT2D eigenvalue weighted by atomic mass is 9.80. The van der Waals surface area contributed by atoms with Crippen molar-refractivity contribution >= 4 is 61.9 Å². The first-order valence-corrected chi connectivity index (χ1v) is 23.4. The largest absolute Gasteiger partial charge is 0.493 e. The number of allylic oxidation sites excluding steroid dienone is 6. The van der Waals surface area contributed by atoms with Gasteiger partial charge in [-0.2, -0.15) is 0 Å². The number of hydrogen-bond acceptors (Lipinski definition) is 10. The van der Waals surface area contributed by atoms with Crippen molar-refractivity contribution in [3.05, 3.63) is 142 Å². The number of ether oxygens (including phenoxy) is 4. The summed E-state index contributed by atoms with van der Waals surface area (Å²) in [7, 11) is 6.60. The molecule has 1 unspecified atom stereocenters. The summed E-state index contributed by atoms with van der Waals surface area (Å²) in [5, 5.41) is 3.06. The SMILES string of the molecule is C=C1C=C[C@@H]2Cc3ccccc3C2C(=O)c2cc(OC)c(OCCCOc3cc4c(cc3OC)C(=O)C=C3Cc5cc(NC(=O)CCC(C)(C)SSC)ccc5CC3=C=N4)cc21. The third-order valence-electron chi connectivity index (χ3n) is 11.9. The summed E-state index contributed by atoms with van der Waals surface area (Å²) >= 11 is 0. The molecule has 0 saturated carbocycles. The van der Waals surface area contributed by atoms with Crippen LogP contribution in [0.25, 0.3) is 5.57 Å². The highest BCUT2D eigenvalue weighted by molar-refractivity contribution is 8.76. The van der Waals surface area contributed by atoms with Crippen LogP contribution in [0.4, 0.5) is 11.4 Å². The van der Waals surface area contributed by atoms with E-state index in [-0.39, 0.29) is 40.7 Å². The number of anilines is 1. The molecule has 62 heavy (non-hydrogen) atoms. The molecule has 4 aliphatic rings. The standard InChI is InChI=1S/C51H50N2O7S2/c1-30-12-13-33-21-32-10-7-8-11-38(32)49(33)50(56)40-26-44(57-4)46(25-39(30)40)59-18-9-19-60-47-28-42-41(27-45(47)58-5)43(54)24-35-22-34-23-37(15-14-31(34)20-36(35)29-52-42)53-48(55)16-17-51(2,3)62-61-6/h7-8,10-15,23-28,33,49H,1,9,16-22H2,2-6H3,(H,53,55)/t33-,49?/m1/s1. The van der Waals surface area contributed by atoms with Gasteiger partial charge in [0.05, 0.1) is 44.6 Å². The van der Waals surface area contributed by atoms with E-state index in [0.29, 0.717) is 72.1 Å². The maximum atomic E-state index is 14.1. The molecule has 318 valence electrons. The van der Waals surface area contributed by atoms with Crippen LogP contribution in [0.15, 0.2) is 108 Å². The summed E-state index contributed by atoms with van der Waals surface area (Å²) in [6, 6.07) is 21.2. The van der Waals surface area contributed by atoms with Crippen molar-refractivity contribution in [1.82, 2.24) is 0 Å². The highest BCUT2D eigenvalue weighted by Gasteiger charge is 2.38. The number of rotatable bonds is 14. The number of aliphatic imine (C=N–C) groups is 1. The van der Waals surface area contributed by atoms with Crippen molar-refractivity contribution in [2.24, 2.45) is 10.9 Å². The fourth-order valence-electron chi connectivity index (χ4n) is 8.65. The van der Waals surface area contributed by atoms with Gasteiger partial charge in [0.1, 0.15) is 0 Å².